The Labute approximate surface area is 122 Å². The van der Waals surface area contributed by atoms with E-state index in [1.54, 1.807) is 12.1 Å². The summed E-state index contributed by atoms with van der Waals surface area (Å²) in [5.74, 6) is -0.857. The number of thiocarbonyl (C=S) groups is 1. The SMILES string of the molecule is O=C(NC(=S)Nc1ccc(Br)cc1F)c1ccco1. The lowest BCUT2D eigenvalue weighted by Gasteiger charge is -2.09. The van der Waals surface area contributed by atoms with Crippen LogP contribution >= 0.6 is 28.1 Å². The van der Waals surface area contributed by atoms with Gasteiger partial charge in [-0.1, -0.05) is 15.9 Å². The fraction of sp³-hybridized carbons (Fsp3) is 0. The standard InChI is InChI=1S/C12H8BrFN2O2S/c13-7-3-4-9(8(14)6-7)15-12(19)16-11(17)10-2-1-5-18-10/h1-6H,(H2,15,16,17,19). The Kier molecular flexibility index (Phi) is 4.28. The molecular weight excluding hydrogens is 335 g/mol. The van der Waals surface area contributed by atoms with Gasteiger partial charge in [-0.2, -0.15) is 0 Å². The van der Waals surface area contributed by atoms with Crippen molar-refractivity contribution in [2.45, 2.75) is 0 Å². The van der Waals surface area contributed by atoms with Crippen molar-refractivity contribution in [1.82, 2.24) is 5.32 Å². The number of carbonyl (C=O) groups is 1. The molecule has 2 aromatic rings. The number of hydrogen-bond acceptors (Lipinski definition) is 3. The number of nitrogens with one attached hydrogen (secondary N) is 2. The second kappa shape index (κ2) is 5.94. The molecule has 1 aromatic carbocycles. The van der Waals surface area contributed by atoms with Gasteiger partial charge < -0.3 is 9.73 Å². The van der Waals surface area contributed by atoms with Crippen molar-refractivity contribution in [3.8, 4) is 0 Å². The Morgan fingerprint density at radius 3 is 2.79 bits per heavy atom. The zero-order valence-corrected chi connectivity index (χ0v) is 11.8. The molecule has 0 bridgehead atoms. The average Bonchev–Trinajstić information content (AvgIpc) is 2.86. The van der Waals surface area contributed by atoms with Gasteiger partial charge in [0, 0.05) is 4.47 Å². The van der Waals surface area contributed by atoms with Gasteiger partial charge in [0.2, 0.25) is 0 Å². The maximum atomic E-state index is 13.5. The second-order valence-electron chi connectivity index (χ2n) is 3.51. The molecule has 0 saturated heterocycles. The molecule has 1 amide bonds. The second-order valence-corrected chi connectivity index (χ2v) is 4.83. The zero-order valence-electron chi connectivity index (χ0n) is 9.44. The van der Waals surface area contributed by atoms with Crippen molar-refractivity contribution < 1.29 is 13.6 Å². The number of carbonyl (C=O) groups excluding carboxylic acids is 1. The minimum Gasteiger partial charge on any atom is -0.459 e. The zero-order chi connectivity index (χ0) is 13.8. The maximum absolute atomic E-state index is 13.5. The molecule has 2 rings (SSSR count). The first-order valence-corrected chi connectivity index (χ1v) is 6.37. The molecule has 0 saturated carbocycles. The minimum atomic E-state index is -0.500. The van der Waals surface area contributed by atoms with Crippen LogP contribution in [0.3, 0.4) is 0 Å². The quantitative estimate of drug-likeness (QED) is 0.822. The fourth-order valence-corrected chi connectivity index (χ4v) is 1.85. The lowest BCUT2D eigenvalue weighted by atomic mass is 10.3. The highest BCUT2D eigenvalue weighted by Crippen LogP contribution is 2.19. The monoisotopic (exact) mass is 342 g/mol. The molecule has 19 heavy (non-hydrogen) atoms. The third-order valence-corrected chi connectivity index (χ3v) is 2.85. The predicted octanol–water partition coefficient (Wildman–Crippen LogP) is 3.31. The molecule has 1 aromatic heterocycles. The Hall–Kier alpha value is -1.73. The number of benzene rings is 1. The lowest BCUT2D eigenvalue weighted by Crippen LogP contribution is -2.34. The Morgan fingerprint density at radius 1 is 1.37 bits per heavy atom. The van der Waals surface area contributed by atoms with Crippen molar-refractivity contribution in [1.29, 1.82) is 0 Å². The van der Waals surface area contributed by atoms with E-state index < -0.39 is 11.7 Å². The van der Waals surface area contributed by atoms with Crippen LogP contribution in [-0.4, -0.2) is 11.0 Å². The highest BCUT2D eigenvalue weighted by atomic mass is 79.9. The van der Waals surface area contributed by atoms with Crippen molar-refractivity contribution in [2.24, 2.45) is 0 Å². The highest BCUT2D eigenvalue weighted by molar-refractivity contribution is 9.10. The molecule has 0 aliphatic rings. The molecule has 4 nitrogen and oxygen atoms in total. The van der Waals surface area contributed by atoms with E-state index in [-0.39, 0.29) is 16.6 Å². The number of anilines is 1. The molecule has 0 aliphatic heterocycles. The van der Waals surface area contributed by atoms with Crippen LogP contribution in [0.5, 0.6) is 0 Å². The molecule has 0 radical (unpaired) electrons. The third kappa shape index (κ3) is 3.62. The normalized spacial score (nSPS) is 10.0. The van der Waals surface area contributed by atoms with E-state index in [4.69, 9.17) is 16.6 Å². The van der Waals surface area contributed by atoms with Crippen LogP contribution in [0.25, 0.3) is 0 Å². The molecule has 7 heteroatoms. The summed E-state index contributed by atoms with van der Waals surface area (Å²) < 4.78 is 19.1. The van der Waals surface area contributed by atoms with Gasteiger partial charge in [0.15, 0.2) is 10.9 Å². The summed E-state index contributed by atoms with van der Waals surface area (Å²) in [6, 6.07) is 7.53. The van der Waals surface area contributed by atoms with Crippen LogP contribution < -0.4 is 10.6 Å². The van der Waals surface area contributed by atoms with Crippen LogP contribution in [0.2, 0.25) is 0 Å². The maximum Gasteiger partial charge on any atom is 0.293 e. The summed E-state index contributed by atoms with van der Waals surface area (Å²) in [5.41, 5.74) is 0.174. The van der Waals surface area contributed by atoms with Gasteiger partial charge in [0.05, 0.1) is 12.0 Å². The van der Waals surface area contributed by atoms with Crippen LogP contribution in [-0.2, 0) is 0 Å². The Morgan fingerprint density at radius 2 is 2.16 bits per heavy atom. The molecule has 0 fully saturated rings. The molecule has 0 unspecified atom stereocenters. The number of halogens is 2. The largest absolute Gasteiger partial charge is 0.459 e. The summed E-state index contributed by atoms with van der Waals surface area (Å²) in [4.78, 5) is 11.6. The number of amides is 1. The summed E-state index contributed by atoms with van der Waals surface area (Å²) in [6.45, 7) is 0. The van der Waals surface area contributed by atoms with Crippen molar-refractivity contribution in [2.75, 3.05) is 5.32 Å². The fourth-order valence-electron chi connectivity index (χ4n) is 1.32. The first-order valence-electron chi connectivity index (χ1n) is 5.17. The number of furan rings is 1. The molecule has 98 valence electrons. The molecule has 0 atom stereocenters. The summed E-state index contributed by atoms with van der Waals surface area (Å²) in [5, 5.41) is 4.96. The van der Waals surface area contributed by atoms with E-state index in [9.17, 15) is 9.18 Å². The highest BCUT2D eigenvalue weighted by Gasteiger charge is 2.11. The van der Waals surface area contributed by atoms with Gasteiger partial charge in [-0.25, -0.2) is 4.39 Å². The van der Waals surface area contributed by atoms with Gasteiger partial charge in [-0.15, -0.1) is 0 Å². The van der Waals surface area contributed by atoms with Crippen LogP contribution in [0.15, 0.2) is 45.5 Å². The van der Waals surface area contributed by atoms with Gasteiger partial charge >= 0.3 is 0 Å². The van der Waals surface area contributed by atoms with Gasteiger partial charge in [0.1, 0.15) is 5.82 Å². The molecule has 0 spiro atoms. The minimum absolute atomic E-state index is 0.0115. The molecule has 0 aliphatic carbocycles. The summed E-state index contributed by atoms with van der Waals surface area (Å²) in [6.07, 6.45) is 1.37. The van der Waals surface area contributed by atoms with Crippen molar-refractivity contribution >= 4 is 44.9 Å². The lowest BCUT2D eigenvalue weighted by molar-refractivity contribution is 0.0950. The smallest absolute Gasteiger partial charge is 0.293 e. The van der Waals surface area contributed by atoms with Crippen molar-refractivity contribution in [3.05, 3.63) is 52.6 Å². The summed E-state index contributed by atoms with van der Waals surface area (Å²) in [7, 11) is 0. The topological polar surface area (TPSA) is 54.3 Å². The third-order valence-electron chi connectivity index (χ3n) is 2.15. The first-order chi connectivity index (χ1) is 9.06. The molecule has 2 N–H and O–H groups in total. The van der Waals surface area contributed by atoms with Gasteiger partial charge in [0.25, 0.3) is 5.91 Å². The van der Waals surface area contributed by atoms with E-state index in [0.717, 1.165) is 0 Å². The van der Waals surface area contributed by atoms with E-state index in [0.29, 0.717) is 4.47 Å². The van der Waals surface area contributed by atoms with E-state index in [1.165, 1.54) is 24.5 Å². The van der Waals surface area contributed by atoms with Crippen LogP contribution in [0, 0.1) is 5.82 Å². The van der Waals surface area contributed by atoms with Crippen molar-refractivity contribution in [3.63, 3.8) is 0 Å². The predicted molar refractivity (Wildman–Crippen MR) is 76.5 cm³/mol. The first kappa shape index (κ1) is 13.7. The van der Waals surface area contributed by atoms with E-state index >= 15 is 0 Å². The molecule has 1 heterocycles. The Bertz CT molecular complexity index is 616. The van der Waals surface area contributed by atoms with E-state index in [2.05, 4.69) is 26.6 Å². The number of rotatable bonds is 2. The average molecular weight is 343 g/mol. The van der Waals surface area contributed by atoms with Crippen LogP contribution in [0.1, 0.15) is 10.6 Å². The van der Waals surface area contributed by atoms with Gasteiger partial charge in [-0.3, -0.25) is 10.1 Å². The number of hydrogen-bond donors (Lipinski definition) is 2. The van der Waals surface area contributed by atoms with Crippen LogP contribution in [0.4, 0.5) is 10.1 Å². The Balaban J connectivity index is 2.00. The van der Waals surface area contributed by atoms with Gasteiger partial charge in [-0.05, 0) is 42.5 Å². The van der Waals surface area contributed by atoms with E-state index in [1.807, 2.05) is 0 Å². The summed E-state index contributed by atoms with van der Waals surface area (Å²) >= 11 is 8.06. The molecular formula is C12H8BrFN2O2S.